The second-order valence-electron chi connectivity index (χ2n) is 5.75. The summed E-state index contributed by atoms with van der Waals surface area (Å²) < 4.78 is 0. The van der Waals surface area contributed by atoms with Crippen LogP contribution in [-0.4, -0.2) is 29.0 Å². The Hall–Kier alpha value is -0.730. The van der Waals surface area contributed by atoms with E-state index >= 15 is 0 Å². The predicted molar refractivity (Wildman–Crippen MR) is 70.6 cm³/mol. The third kappa shape index (κ3) is 4.03. The van der Waals surface area contributed by atoms with Gasteiger partial charge in [-0.3, -0.25) is 0 Å². The van der Waals surface area contributed by atoms with Crippen molar-refractivity contribution in [3.63, 3.8) is 0 Å². The van der Waals surface area contributed by atoms with Crippen LogP contribution in [0.4, 0.5) is 0 Å². The van der Waals surface area contributed by atoms with E-state index in [1.54, 1.807) is 0 Å². The Morgan fingerprint density at radius 2 is 2.00 bits per heavy atom. The van der Waals surface area contributed by atoms with Crippen LogP contribution in [0.25, 0.3) is 0 Å². The van der Waals surface area contributed by atoms with Gasteiger partial charge < -0.3 is 10.6 Å². The normalized spacial score (nSPS) is 24.4. The van der Waals surface area contributed by atoms with Gasteiger partial charge in [-0.05, 0) is 40.0 Å². The van der Waals surface area contributed by atoms with Gasteiger partial charge in [0.2, 0.25) is 0 Å². The van der Waals surface area contributed by atoms with Crippen LogP contribution in [0.15, 0.2) is 4.99 Å². The topological polar surface area (TPSA) is 41.6 Å². The number of rotatable bonds is 1. The van der Waals surface area contributed by atoms with E-state index < -0.39 is 0 Å². The maximum Gasteiger partial charge on any atom is 0.192 e. The minimum atomic E-state index is -0.0747. The molecular formula is C13H27N3. The molecule has 1 saturated heterocycles. The van der Waals surface area contributed by atoms with Gasteiger partial charge in [-0.2, -0.15) is 0 Å². The first-order chi connectivity index (χ1) is 7.44. The summed E-state index contributed by atoms with van der Waals surface area (Å²) in [6.07, 6.45) is 6.34. The van der Waals surface area contributed by atoms with E-state index in [2.05, 4.69) is 37.6 Å². The molecule has 1 unspecified atom stereocenters. The second kappa shape index (κ2) is 5.55. The van der Waals surface area contributed by atoms with Crippen molar-refractivity contribution in [2.45, 2.75) is 71.4 Å². The number of nitrogens with two attached hydrogens (primary N) is 1. The Morgan fingerprint density at radius 1 is 1.31 bits per heavy atom. The molecule has 0 spiro atoms. The molecule has 2 N–H and O–H groups in total. The highest BCUT2D eigenvalue weighted by molar-refractivity contribution is 5.78. The fraction of sp³-hybridized carbons (Fsp3) is 0.923. The summed E-state index contributed by atoms with van der Waals surface area (Å²) in [5, 5.41) is 0. The number of hydrogen-bond donors (Lipinski definition) is 1. The molecule has 0 aromatic carbocycles. The molecule has 0 aliphatic carbocycles. The highest BCUT2D eigenvalue weighted by Crippen LogP contribution is 2.19. The molecule has 1 atom stereocenters. The molecule has 3 nitrogen and oxygen atoms in total. The zero-order chi connectivity index (χ0) is 12.2. The van der Waals surface area contributed by atoms with Crippen LogP contribution in [0.1, 0.15) is 59.8 Å². The van der Waals surface area contributed by atoms with E-state index in [0.29, 0.717) is 6.04 Å². The van der Waals surface area contributed by atoms with Gasteiger partial charge in [0, 0.05) is 12.6 Å². The van der Waals surface area contributed by atoms with Crippen LogP contribution in [-0.2, 0) is 0 Å². The lowest BCUT2D eigenvalue weighted by atomic mass is 10.1. The number of hydrogen-bond acceptors (Lipinski definition) is 1. The Morgan fingerprint density at radius 3 is 2.56 bits per heavy atom. The molecule has 0 aromatic rings. The third-order valence-corrected chi connectivity index (χ3v) is 3.09. The van der Waals surface area contributed by atoms with Crippen molar-refractivity contribution < 1.29 is 0 Å². The number of likely N-dealkylation sites (tertiary alicyclic amines) is 1. The molecule has 1 rings (SSSR count). The molecule has 0 bridgehead atoms. The molecular weight excluding hydrogens is 198 g/mol. The summed E-state index contributed by atoms with van der Waals surface area (Å²) >= 11 is 0. The molecule has 0 aromatic heterocycles. The average Bonchev–Trinajstić information content (AvgIpc) is 2.39. The van der Waals surface area contributed by atoms with Crippen LogP contribution in [0, 0.1) is 0 Å². The lowest BCUT2D eigenvalue weighted by molar-refractivity contribution is 0.300. The largest absolute Gasteiger partial charge is 0.370 e. The van der Waals surface area contributed by atoms with Gasteiger partial charge in [0.05, 0.1) is 5.54 Å². The number of guanidine groups is 1. The van der Waals surface area contributed by atoms with Crippen molar-refractivity contribution in [1.82, 2.24) is 4.90 Å². The quantitative estimate of drug-likeness (QED) is 0.551. The molecule has 1 aliphatic rings. The van der Waals surface area contributed by atoms with Gasteiger partial charge in [-0.25, -0.2) is 4.99 Å². The third-order valence-electron chi connectivity index (χ3n) is 3.09. The van der Waals surface area contributed by atoms with Crippen molar-refractivity contribution in [1.29, 1.82) is 0 Å². The molecule has 0 saturated carbocycles. The van der Waals surface area contributed by atoms with E-state index in [9.17, 15) is 0 Å². The Labute approximate surface area is 100 Å². The predicted octanol–water partition coefficient (Wildman–Crippen LogP) is 2.75. The molecule has 3 heteroatoms. The smallest absolute Gasteiger partial charge is 0.192 e. The van der Waals surface area contributed by atoms with Crippen molar-refractivity contribution in [3.05, 3.63) is 0 Å². The number of nitrogens with zero attached hydrogens (tertiary/aromatic N) is 2. The van der Waals surface area contributed by atoms with E-state index in [0.717, 1.165) is 12.5 Å². The summed E-state index contributed by atoms with van der Waals surface area (Å²) in [7, 11) is 0. The Bertz CT molecular complexity index is 240. The summed E-state index contributed by atoms with van der Waals surface area (Å²) in [5.41, 5.74) is 6.07. The van der Waals surface area contributed by atoms with E-state index in [1.807, 2.05) is 0 Å². The maximum atomic E-state index is 6.15. The van der Waals surface area contributed by atoms with Gasteiger partial charge in [0.15, 0.2) is 5.96 Å². The molecule has 16 heavy (non-hydrogen) atoms. The highest BCUT2D eigenvalue weighted by Gasteiger charge is 2.22. The summed E-state index contributed by atoms with van der Waals surface area (Å²) in [6.45, 7) is 9.60. The molecule has 1 heterocycles. The molecule has 0 radical (unpaired) electrons. The first-order valence-electron chi connectivity index (χ1n) is 6.56. The van der Waals surface area contributed by atoms with E-state index in [1.165, 1.54) is 32.1 Å². The van der Waals surface area contributed by atoms with Gasteiger partial charge in [-0.1, -0.05) is 19.8 Å². The van der Waals surface area contributed by atoms with Gasteiger partial charge in [0.1, 0.15) is 0 Å². The van der Waals surface area contributed by atoms with Gasteiger partial charge in [-0.15, -0.1) is 0 Å². The van der Waals surface area contributed by atoms with Crippen LogP contribution < -0.4 is 5.73 Å². The standard InChI is InChI=1S/C13H27N3/c1-5-11-9-7-6-8-10-16(11)12(14)15-13(2,3)4/h11H,5-10H2,1-4H3,(H2,14,15). The van der Waals surface area contributed by atoms with Crippen molar-refractivity contribution in [3.8, 4) is 0 Å². The van der Waals surface area contributed by atoms with Crippen molar-refractivity contribution in [2.75, 3.05) is 6.54 Å². The zero-order valence-electron chi connectivity index (χ0n) is 11.3. The fourth-order valence-electron chi connectivity index (χ4n) is 2.31. The highest BCUT2D eigenvalue weighted by atomic mass is 15.3. The van der Waals surface area contributed by atoms with E-state index in [4.69, 9.17) is 5.73 Å². The first-order valence-corrected chi connectivity index (χ1v) is 6.56. The Balaban J connectivity index is 2.77. The molecule has 94 valence electrons. The molecule has 0 amide bonds. The van der Waals surface area contributed by atoms with Crippen LogP contribution in [0.3, 0.4) is 0 Å². The summed E-state index contributed by atoms with van der Waals surface area (Å²) in [5.74, 6) is 0.737. The van der Waals surface area contributed by atoms with Gasteiger partial charge >= 0.3 is 0 Å². The van der Waals surface area contributed by atoms with Crippen molar-refractivity contribution in [2.24, 2.45) is 10.7 Å². The minimum absolute atomic E-state index is 0.0747. The Kier molecular flexibility index (Phi) is 4.63. The maximum absolute atomic E-state index is 6.15. The molecule has 1 fully saturated rings. The lowest BCUT2D eigenvalue weighted by Crippen LogP contribution is -2.45. The van der Waals surface area contributed by atoms with Crippen LogP contribution in [0.2, 0.25) is 0 Å². The monoisotopic (exact) mass is 225 g/mol. The zero-order valence-corrected chi connectivity index (χ0v) is 11.3. The van der Waals surface area contributed by atoms with Crippen LogP contribution >= 0.6 is 0 Å². The fourth-order valence-corrected chi connectivity index (χ4v) is 2.31. The van der Waals surface area contributed by atoms with Crippen molar-refractivity contribution >= 4 is 5.96 Å². The summed E-state index contributed by atoms with van der Waals surface area (Å²) in [6, 6.07) is 0.591. The molecule has 1 aliphatic heterocycles. The minimum Gasteiger partial charge on any atom is -0.370 e. The SMILES string of the molecule is CCC1CCCCCN1C(N)=NC(C)(C)C. The summed E-state index contributed by atoms with van der Waals surface area (Å²) in [4.78, 5) is 6.91. The number of aliphatic imine (C=N–C) groups is 1. The van der Waals surface area contributed by atoms with Crippen LogP contribution in [0.5, 0.6) is 0 Å². The van der Waals surface area contributed by atoms with E-state index in [-0.39, 0.29) is 5.54 Å². The first kappa shape index (κ1) is 13.3. The second-order valence-corrected chi connectivity index (χ2v) is 5.75. The average molecular weight is 225 g/mol. The van der Waals surface area contributed by atoms with Gasteiger partial charge in [0.25, 0.3) is 0 Å². The lowest BCUT2D eigenvalue weighted by Gasteiger charge is -2.31.